The Balaban J connectivity index is 1.77. The minimum Gasteiger partial charge on any atom is -0.340 e. The van der Waals surface area contributed by atoms with Crippen molar-refractivity contribution in [2.75, 3.05) is 5.32 Å². The van der Waals surface area contributed by atoms with Gasteiger partial charge in [-0.2, -0.15) is 0 Å². The van der Waals surface area contributed by atoms with Gasteiger partial charge >= 0.3 is 0 Å². The van der Waals surface area contributed by atoms with E-state index in [1.807, 2.05) is 0 Å². The summed E-state index contributed by atoms with van der Waals surface area (Å²) < 4.78 is 0. The summed E-state index contributed by atoms with van der Waals surface area (Å²) in [5.74, 6) is 0.852. The Bertz CT molecular complexity index is 1130. The third-order valence-corrected chi connectivity index (χ3v) is 5.94. The van der Waals surface area contributed by atoms with Gasteiger partial charge in [-0.15, -0.1) is 11.3 Å². The number of aromatic nitrogens is 2. The van der Waals surface area contributed by atoms with Crippen LogP contribution in [-0.4, -0.2) is 9.97 Å². The highest BCUT2D eigenvalue weighted by Crippen LogP contribution is 2.39. The molecular formula is C24H25N3S. The average Bonchev–Trinajstić information content (AvgIpc) is 3.06. The zero-order chi connectivity index (χ0) is 19.9. The fraction of sp³-hybridized carbons (Fsp3) is 0.250. The fourth-order valence-corrected chi connectivity index (χ4v) is 4.38. The first-order valence-electron chi connectivity index (χ1n) is 9.50. The summed E-state index contributed by atoms with van der Waals surface area (Å²) >= 11 is 1.66. The average molecular weight is 388 g/mol. The first-order chi connectivity index (χ1) is 13.3. The number of nitrogens with one attached hydrogen (secondary N) is 1. The van der Waals surface area contributed by atoms with Gasteiger partial charge in [-0.3, -0.25) is 0 Å². The topological polar surface area (TPSA) is 37.8 Å². The third kappa shape index (κ3) is 3.52. The summed E-state index contributed by atoms with van der Waals surface area (Å²) in [6.07, 6.45) is 1.64. The predicted octanol–water partition coefficient (Wildman–Crippen LogP) is 7.02. The van der Waals surface area contributed by atoms with Gasteiger partial charge in [0.1, 0.15) is 17.0 Å². The monoisotopic (exact) mass is 387 g/mol. The van der Waals surface area contributed by atoms with Gasteiger partial charge in [0.15, 0.2) is 0 Å². The van der Waals surface area contributed by atoms with Crippen LogP contribution in [0.2, 0.25) is 0 Å². The molecule has 0 radical (unpaired) electrons. The van der Waals surface area contributed by atoms with Crippen molar-refractivity contribution in [3.8, 4) is 11.1 Å². The number of hydrogen-bond acceptors (Lipinski definition) is 4. The highest BCUT2D eigenvalue weighted by molar-refractivity contribution is 7.17. The highest BCUT2D eigenvalue weighted by atomic mass is 32.1. The predicted molar refractivity (Wildman–Crippen MR) is 121 cm³/mol. The summed E-state index contributed by atoms with van der Waals surface area (Å²) in [5.41, 5.74) is 7.45. The van der Waals surface area contributed by atoms with Gasteiger partial charge in [-0.1, -0.05) is 56.7 Å². The molecule has 4 heteroatoms. The van der Waals surface area contributed by atoms with Crippen molar-refractivity contribution in [2.45, 2.75) is 40.0 Å². The highest BCUT2D eigenvalue weighted by Gasteiger charge is 2.16. The second-order valence-electron chi connectivity index (χ2n) is 8.32. The van der Waals surface area contributed by atoms with Gasteiger partial charge in [0.25, 0.3) is 0 Å². The molecule has 0 saturated heterocycles. The number of benzene rings is 2. The van der Waals surface area contributed by atoms with E-state index in [9.17, 15) is 0 Å². The lowest BCUT2D eigenvalue weighted by Crippen LogP contribution is -2.10. The number of nitrogens with zero attached hydrogens (tertiary/aromatic N) is 2. The fourth-order valence-electron chi connectivity index (χ4n) is 3.47. The Kier molecular flexibility index (Phi) is 4.68. The van der Waals surface area contributed by atoms with Crippen molar-refractivity contribution < 1.29 is 0 Å². The zero-order valence-electron chi connectivity index (χ0n) is 17.0. The summed E-state index contributed by atoms with van der Waals surface area (Å²) in [6, 6.07) is 15.2. The second-order valence-corrected chi connectivity index (χ2v) is 9.18. The molecule has 1 N–H and O–H groups in total. The van der Waals surface area contributed by atoms with Gasteiger partial charge in [0.05, 0.1) is 5.39 Å². The molecule has 0 fully saturated rings. The van der Waals surface area contributed by atoms with Gasteiger partial charge < -0.3 is 5.32 Å². The van der Waals surface area contributed by atoms with Crippen LogP contribution in [0, 0.1) is 13.8 Å². The van der Waals surface area contributed by atoms with Gasteiger partial charge in [-0.05, 0) is 48.1 Å². The standard InChI is InChI=1S/C24H25N3S/c1-15-6-11-19(16(2)12-15)20-13-28-23-21(20)22(25-14-26-23)27-18-9-7-17(8-10-18)24(3,4)5/h6-14H,1-5H3,(H,25,26,27). The molecule has 0 atom stereocenters. The number of rotatable bonds is 3. The molecule has 0 saturated carbocycles. The molecular weight excluding hydrogens is 362 g/mol. The lowest BCUT2D eigenvalue weighted by Gasteiger charge is -2.19. The van der Waals surface area contributed by atoms with Crippen molar-refractivity contribution in [3.05, 3.63) is 70.9 Å². The van der Waals surface area contributed by atoms with Crippen molar-refractivity contribution in [1.82, 2.24) is 9.97 Å². The van der Waals surface area contributed by atoms with E-state index < -0.39 is 0 Å². The molecule has 4 rings (SSSR count). The summed E-state index contributed by atoms with van der Waals surface area (Å²) in [6.45, 7) is 11.0. The minimum absolute atomic E-state index is 0.143. The number of aryl methyl sites for hydroxylation is 2. The minimum atomic E-state index is 0.143. The number of hydrogen-bond donors (Lipinski definition) is 1. The molecule has 2 aromatic heterocycles. The molecule has 0 aliphatic heterocycles. The van der Waals surface area contributed by atoms with E-state index >= 15 is 0 Å². The molecule has 2 aromatic carbocycles. The van der Waals surface area contributed by atoms with E-state index in [-0.39, 0.29) is 5.41 Å². The van der Waals surface area contributed by atoms with Crippen LogP contribution in [0.1, 0.15) is 37.5 Å². The largest absolute Gasteiger partial charge is 0.340 e. The molecule has 28 heavy (non-hydrogen) atoms. The molecule has 142 valence electrons. The van der Waals surface area contributed by atoms with E-state index in [4.69, 9.17) is 0 Å². The van der Waals surface area contributed by atoms with Gasteiger partial charge in [0.2, 0.25) is 0 Å². The number of thiophene rings is 1. The quantitative estimate of drug-likeness (QED) is 0.410. The maximum absolute atomic E-state index is 4.56. The smallest absolute Gasteiger partial charge is 0.143 e. The summed E-state index contributed by atoms with van der Waals surface area (Å²) in [5, 5.41) is 6.78. The van der Waals surface area contributed by atoms with E-state index in [0.717, 1.165) is 21.7 Å². The van der Waals surface area contributed by atoms with Crippen molar-refractivity contribution in [1.29, 1.82) is 0 Å². The molecule has 3 nitrogen and oxygen atoms in total. The van der Waals surface area contributed by atoms with Crippen molar-refractivity contribution >= 4 is 33.1 Å². The Labute approximate surface area is 170 Å². The number of anilines is 2. The van der Waals surface area contributed by atoms with E-state index in [0.29, 0.717) is 0 Å². The van der Waals surface area contributed by atoms with Crippen LogP contribution in [0.3, 0.4) is 0 Å². The van der Waals surface area contributed by atoms with Gasteiger partial charge in [-0.25, -0.2) is 9.97 Å². The number of fused-ring (bicyclic) bond motifs is 1. The van der Waals surface area contributed by atoms with Gasteiger partial charge in [0, 0.05) is 16.6 Å². The summed E-state index contributed by atoms with van der Waals surface area (Å²) in [4.78, 5) is 10.1. The normalized spacial score (nSPS) is 11.8. The maximum Gasteiger partial charge on any atom is 0.143 e. The van der Waals surface area contributed by atoms with Crippen molar-refractivity contribution in [2.24, 2.45) is 0 Å². The first kappa shape index (κ1) is 18.6. The Hall–Kier alpha value is -2.72. The first-order valence-corrected chi connectivity index (χ1v) is 10.4. The Morgan fingerprint density at radius 3 is 2.32 bits per heavy atom. The molecule has 0 aliphatic carbocycles. The van der Waals surface area contributed by atoms with Crippen LogP contribution in [0.15, 0.2) is 54.2 Å². The maximum atomic E-state index is 4.56. The van der Waals surface area contributed by atoms with Crippen molar-refractivity contribution in [3.63, 3.8) is 0 Å². The molecule has 4 aromatic rings. The summed E-state index contributed by atoms with van der Waals surface area (Å²) in [7, 11) is 0. The lowest BCUT2D eigenvalue weighted by molar-refractivity contribution is 0.590. The molecule has 0 aliphatic rings. The van der Waals surface area contributed by atoms with Crippen LogP contribution < -0.4 is 5.32 Å². The van der Waals surface area contributed by atoms with Crippen LogP contribution >= 0.6 is 11.3 Å². The molecule has 2 heterocycles. The zero-order valence-corrected chi connectivity index (χ0v) is 17.8. The second kappa shape index (κ2) is 7.02. The molecule has 0 spiro atoms. The van der Waals surface area contributed by atoms with Crippen LogP contribution in [-0.2, 0) is 5.41 Å². The van der Waals surface area contributed by atoms with Crippen LogP contribution in [0.25, 0.3) is 21.3 Å². The van der Waals surface area contributed by atoms with Crippen LogP contribution in [0.4, 0.5) is 11.5 Å². The van der Waals surface area contributed by atoms with Crippen LogP contribution in [0.5, 0.6) is 0 Å². The Morgan fingerprint density at radius 2 is 1.64 bits per heavy atom. The Morgan fingerprint density at radius 1 is 0.893 bits per heavy atom. The van der Waals surface area contributed by atoms with E-state index in [2.05, 4.69) is 97.7 Å². The van der Waals surface area contributed by atoms with E-state index in [1.54, 1.807) is 17.7 Å². The van der Waals surface area contributed by atoms with E-state index in [1.165, 1.54) is 27.8 Å². The molecule has 0 unspecified atom stereocenters. The third-order valence-electron chi connectivity index (χ3n) is 5.06. The SMILES string of the molecule is Cc1ccc(-c2csc3ncnc(Nc4ccc(C(C)(C)C)cc4)c23)c(C)c1. The molecule has 0 amide bonds. The lowest BCUT2D eigenvalue weighted by atomic mass is 9.87. The molecule has 0 bridgehead atoms.